The highest BCUT2D eigenvalue weighted by molar-refractivity contribution is 5.88. The third-order valence-corrected chi connectivity index (χ3v) is 4.92. The number of aromatic carboxylic acids is 1. The smallest absolute Gasteiger partial charge is 0.335 e. The molecule has 10 heteroatoms. The number of ether oxygens (including phenoxy) is 4. The van der Waals surface area contributed by atoms with E-state index in [0.29, 0.717) is 0 Å². The zero-order chi connectivity index (χ0) is 24.0. The zero-order valence-corrected chi connectivity index (χ0v) is 17.6. The van der Waals surface area contributed by atoms with E-state index in [1.54, 1.807) is 18.2 Å². The normalized spacial score (nSPS) is 24.9. The van der Waals surface area contributed by atoms with E-state index >= 15 is 0 Å². The molecule has 0 bridgehead atoms. The van der Waals surface area contributed by atoms with Crippen LogP contribution in [-0.2, 0) is 14.3 Å². The van der Waals surface area contributed by atoms with Crippen LogP contribution in [0.1, 0.15) is 15.9 Å². The number of aliphatic hydroxyl groups is 3. The number of carbonyl (C=O) groups is 2. The van der Waals surface area contributed by atoms with Crippen LogP contribution >= 0.6 is 0 Å². The van der Waals surface area contributed by atoms with E-state index in [4.69, 9.17) is 24.1 Å². The molecule has 0 spiro atoms. The molecule has 1 aliphatic heterocycles. The fraction of sp³-hybridized carbons (Fsp3) is 0.304. The number of hydrogen-bond donors (Lipinski definition) is 4. The minimum atomic E-state index is -1.66. The molecule has 1 aliphatic rings. The topological polar surface area (TPSA) is 152 Å². The summed E-state index contributed by atoms with van der Waals surface area (Å²) in [6.45, 7) is -0.419. The molecule has 0 aromatic heterocycles. The highest BCUT2D eigenvalue weighted by atomic mass is 16.7. The van der Waals surface area contributed by atoms with Crippen LogP contribution in [-0.4, -0.2) is 76.8 Å². The summed E-state index contributed by atoms with van der Waals surface area (Å²) in [5, 5.41) is 39.8. The maximum atomic E-state index is 12.0. The van der Waals surface area contributed by atoms with Crippen LogP contribution in [0.15, 0.2) is 54.6 Å². The van der Waals surface area contributed by atoms with Crippen molar-refractivity contribution in [3.63, 3.8) is 0 Å². The lowest BCUT2D eigenvalue weighted by atomic mass is 9.99. The zero-order valence-electron chi connectivity index (χ0n) is 17.6. The quantitative estimate of drug-likeness (QED) is 0.329. The van der Waals surface area contributed by atoms with Gasteiger partial charge in [0, 0.05) is 6.08 Å². The van der Waals surface area contributed by atoms with Gasteiger partial charge in [0.15, 0.2) is 11.5 Å². The van der Waals surface area contributed by atoms with Gasteiger partial charge >= 0.3 is 11.9 Å². The van der Waals surface area contributed by atoms with Crippen molar-refractivity contribution in [2.75, 3.05) is 13.7 Å². The summed E-state index contributed by atoms with van der Waals surface area (Å²) in [4.78, 5) is 23.1. The summed E-state index contributed by atoms with van der Waals surface area (Å²) in [5.74, 6) is -1.77. The van der Waals surface area contributed by atoms with Gasteiger partial charge in [-0.25, -0.2) is 9.59 Å². The lowest BCUT2D eigenvalue weighted by Gasteiger charge is -2.40. The molecule has 0 saturated carbocycles. The van der Waals surface area contributed by atoms with Crippen molar-refractivity contribution in [2.45, 2.75) is 30.7 Å². The maximum absolute atomic E-state index is 12.0. The molecule has 0 amide bonds. The molecule has 176 valence electrons. The largest absolute Gasteiger partial charge is 0.493 e. The van der Waals surface area contributed by atoms with E-state index in [1.165, 1.54) is 31.4 Å². The van der Waals surface area contributed by atoms with Crippen LogP contribution in [0, 0.1) is 0 Å². The number of esters is 1. The molecule has 1 saturated heterocycles. The lowest BCUT2D eigenvalue weighted by Crippen LogP contribution is -2.60. The second-order valence-electron chi connectivity index (χ2n) is 7.18. The number of aliphatic hydroxyl groups excluding tert-OH is 3. The number of carbonyl (C=O) groups excluding carboxylic acids is 1. The van der Waals surface area contributed by atoms with Gasteiger partial charge in [-0.3, -0.25) is 0 Å². The molecule has 4 N–H and O–H groups in total. The molecular weight excluding hydrogens is 436 g/mol. The predicted molar refractivity (Wildman–Crippen MR) is 114 cm³/mol. The molecular formula is C23H24O10. The number of methoxy groups -OCH3 is 1. The van der Waals surface area contributed by atoms with Crippen molar-refractivity contribution < 1.29 is 49.0 Å². The third kappa shape index (κ3) is 6.08. The van der Waals surface area contributed by atoms with Gasteiger partial charge in [0.25, 0.3) is 0 Å². The number of benzene rings is 2. The number of carboxylic acid groups (broad SMARTS) is 1. The Morgan fingerprint density at radius 2 is 1.73 bits per heavy atom. The van der Waals surface area contributed by atoms with Gasteiger partial charge in [-0.15, -0.1) is 0 Å². The first-order chi connectivity index (χ1) is 15.8. The fourth-order valence-corrected chi connectivity index (χ4v) is 3.12. The second-order valence-corrected chi connectivity index (χ2v) is 7.18. The molecule has 1 fully saturated rings. The molecule has 2 aromatic rings. The molecule has 3 rings (SSSR count). The first kappa shape index (κ1) is 24.2. The molecule has 0 radical (unpaired) electrons. The van der Waals surface area contributed by atoms with Crippen LogP contribution in [0.5, 0.6) is 11.5 Å². The van der Waals surface area contributed by atoms with E-state index < -0.39 is 49.3 Å². The van der Waals surface area contributed by atoms with E-state index in [9.17, 15) is 24.9 Å². The standard InChI is InChI=1S/C23H24O10/c1-30-16-11-14(22(28)29)8-9-15(16)32-23-21(27)20(26)19(25)17(33-23)12-31-18(24)10-7-13-5-3-2-4-6-13/h2-11,17,19-21,23,25-27H,12H2,1H3,(H,28,29)/b10-7+/t17-,19-,20+,21-,23-/m1/s1. The Bertz CT molecular complexity index is 990. The third-order valence-electron chi connectivity index (χ3n) is 4.92. The highest BCUT2D eigenvalue weighted by Crippen LogP contribution is 2.32. The Kier molecular flexibility index (Phi) is 8.01. The van der Waals surface area contributed by atoms with Crippen molar-refractivity contribution in [1.29, 1.82) is 0 Å². The number of rotatable bonds is 8. The summed E-state index contributed by atoms with van der Waals surface area (Å²) < 4.78 is 21.3. The number of hydrogen-bond acceptors (Lipinski definition) is 9. The monoisotopic (exact) mass is 460 g/mol. The molecule has 0 aliphatic carbocycles. The van der Waals surface area contributed by atoms with Crippen LogP contribution in [0.25, 0.3) is 6.08 Å². The Labute approximate surface area is 189 Å². The van der Waals surface area contributed by atoms with Crippen molar-refractivity contribution in [3.8, 4) is 11.5 Å². The fourth-order valence-electron chi connectivity index (χ4n) is 3.12. The second kappa shape index (κ2) is 10.9. The summed E-state index contributed by atoms with van der Waals surface area (Å²) in [7, 11) is 1.30. The van der Waals surface area contributed by atoms with Crippen LogP contribution in [0.4, 0.5) is 0 Å². The van der Waals surface area contributed by atoms with E-state index in [2.05, 4.69) is 0 Å². The molecule has 33 heavy (non-hydrogen) atoms. The van der Waals surface area contributed by atoms with Gasteiger partial charge in [-0.1, -0.05) is 30.3 Å². The van der Waals surface area contributed by atoms with Gasteiger partial charge in [0.2, 0.25) is 6.29 Å². The van der Waals surface area contributed by atoms with Gasteiger partial charge in [0.05, 0.1) is 12.7 Å². The summed E-state index contributed by atoms with van der Waals surface area (Å²) in [5.41, 5.74) is 0.742. The van der Waals surface area contributed by atoms with E-state index in [-0.39, 0.29) is 17.1 Å². The summed E-state index contributed by atoms with van der Waals surface area (Å²) >= 11 is 0. The van der Waals surface area contributed by atoms with Crippen molar-refractivity contribution in [3.05, 3.63) is 65.7 Å². The van der Waals surface area contributed by atoms with Crippen LogP contribution in [0.3, 0.4) is 0 Å². The van der Waals surface area contributed by atoms with Gasteiger partial charge < -0.3 is 39.4 Å². The average Bonchev–Trinajstić information content (AvgIpc) is 2.82. The summed E-state index contributed by atoms with van der Waals surface area (Å²) in [6, 6.07) is 12.9. The Morgan fingerprint density at radius 3 is 2.39 bits per heavy atom. The highest BCUT2D eigenvalue weighted by Gasteiger charge is 2.45. The van der Waals surface area contributed by atoms with Crippen molar-refractivity contribution in [1.82, 2.24) is 0 Å². The minimum absolute atomic E-state index is 0.0386. The van der Waals surface area contributed by atoms with Gasteiger partial charge in [-0.05, 0) is 29.8 Å². The molecule has 2 aromatic carbocycles. The van der Waals surface area contributed by atoms with Crippen molar-refractivity contribution >= 4 is 18.0 Å². The molecule has 10 nitrogen and oxygen atoms in total. The molecule has 5 atom stereocenters. The van der Waals surface area contributed by atoms with E-state index in [1.807, 2.05) is 18.2 Å². The Balaban J connectivity index is 1.65. The van der Waals surface area contributed by atoms with Gasteiger partial charge in [0.1, 0.15) is 31.0 Å². The molecule has 1 heterocycles. The average molecular weight is 460 g/mol. The van der Waals surface area contributed by atoms with Crippen LogP contribution < -0.4 is 9.47 Å². The minimum Gasteiger partial charge on any atom is -0.493 e. The lowest BCUT2D eigenvalue weighted by molar-refractivity contribution is -0.278. The first-order valence-corrected chi connectivity index (χ1v) is 9.97. The maximum Gasteiger partial charge on any atom is 0.335 e. The SMILES string of the molecule is COc1cc(C(=O)O)ccc1O[C@@H]1O[C@H](COC(=O)/C=C/c2ccccc2)[C@@H](O)[C@H](O)[C@H]1O. The number of carboxylic acids is 1. The molecule has 0 unspecified atom stereocenters. The summed E-state index contributed by atoms with van der Waals surface area (Å²) in [6.07, 6.45) is -4.76. The van der Waals surface area contributed by atoms with Crippen molar-refractivity contribution in [2.24, 2.45) is 0 Å². The van der Waals surface area contributed by atoms with Crippen LogP contribution in [0.2, 0.25) is 0 Å². The first-order valence-electron chi connectivity index (χ1n) is 9.97. The Morgan fingerprint density at radius 1 is 1.00 bits per heavy atom. The van der Waals surface area contributed by atoms with Gasteiger partial charge in [-0.2, -0.15) is 0 Å². The Hall–Kier alpha value is -3.44. The van der Waals surface area contributed by atoms with E-state index in [0.717, 1.165) is 5.56 Å². The predicted octanol–water partition coefficient (Wildman–Crippen LogP) is 0.836.